The molecule has 0 bridgehead atoms. The van der Waals surface area contributed by atoms with E-state index in [0.717, 1.165) is 30.8 Å². The van der Waals surface area contributed by atoms with Gasteiger partial charge in [0.1, 0.15) is 11.9 Å². The average Bonchev–Trinajstić information content (AvgIpc) is 2.46. The second-order valence-corrected chi connectivity index (χ2v) is 12.2. The van der Waals surface area contributed by atoms with Crippen LogP contribution in [0.15, 0.2) is 24.3 Å². The Morgan fingerprint density at radius 3 is 2.36 bits per heavy atom. The molecule has 0 radical (unpaired) electrons. The van der Waals surface area contributed by atoms with Gasteiger partial charge in [0, 0.05) is 12.2 Å². The van der Waals surface area contributed by atoms with Crippen LogP contribution >= 0.6 is 0 Å². The molecule has 0 amide bonds. The van der Waals surface area contributed by atoms with Gasteiger partial charge in [-0.3, -0.25) is 0 Å². The minimum atomic E-state index is -1.76. The Labute approximate surface area is 136 Å². The van der Waals surface area contributed by atoms with E-state index in [-0.39, 0.29) is 11.1 Å². The van der Waals surface area contributed by atoms with Crippen LogP contribution in [0.3, 0.4) is 0 Å². The van der Waals surface area contributed by atoms with Crippen molar-refractivity contribution in [2.45, 2.75) is 64.3 Å². The van der Waals surface area contributed by atoms with Gasteiger partial charge >= 0.3 is 0 Å². The molecule has 0 N–H and O–H groups in total. The Balaban J connectivity index is 2.00. The van der Waals surface area contributed by atoms with Gasteiger partial charge in [0.15, 0.2) is 0 Å². The van der Waals surface area contributed by atoms with Crippen LogP contribution in [-0.4, -0.2) is 21.0 Å². The van der Waals surface area contributed by atoms with Gasteiger partial charge in [-0.2, -0.15) is 0 Å². The van der Waals surface area contributed by atoms with Gasteiger partial charge in [-0.05, 0) is 61.7 Å². The van der Waals surface area contributed by atoms with E-state index >= 15 is 0 Å². The number of hydrogen-bond donors (Lipinski definition) is 0. The molecular formula is C19H28O2Si. The Hall–Kier alpha value is -1.24. The van der Waals surface area contributed by atoms with E-state index in [2.05, 4.69) is 45.7 Å². The standard InChI is InChI=1S/C19H28O2Si/c1-19(2,3)22(4,5)21-18-13-10-16(11-14-18)9-12-17-8-6-7-15-20-17/h10-11,13-14,17H,6-8,15H2,1-5H3. The third kappa shape index (κ3) is 4.63. The zero-order chi connectivity index (χ0) is 16.2. The van der Waals surface area contributed by atoms with Gasteiger partial charge in [-0.1, -0.05) is 32.6 Å². The van der Waals surface area contributed by atoms with Crippen LogP contribution in [0, 0.1) is 11.8 Å². The maximum atomic E-state index is 6.28. The lowest BCUT2D eigenvalue weighted by Gasteiger charge is -2.36. The van der Waals surface area contributed by atoms with Gasteiger partial charge in [0.2, 0.25) is 8.32 Å². The normalized spacial score (nSPS) is 19.2. The quantitative estimate of drug-likeness (QED) is 0.565. The van der Waals surface area contributed by atoms with E-state index in [1.165, 1.54) is 6.42 Å². The highest BCUT2D eigenvalue weighted by Crippen LogP contribution is 2.37. The Kier molecular flexibility index (Phi) is 5.36. The van der Waals surface area contributed by atoms with Crippen LogP contribution in [-0.2, 0) is 4.74 Å². The van der Waals surface area contributed by atoms with Crippen molar-refractivity contribution in [3.8, 4) is 17.6 Å². The molecule has 1 saturated heterocycles. The van der Waals surface area contributed by atoms with E-state index < -0.39 is 8.32 Å². The Morgan fingerprint density at radius 2 is 1.82 bits per heavy atom. The Morgan fingerprint density at radius 1 is 1.14 bits per heavy atom. The van der Waals surface area contributed by atoms with Crippen LogP contribution in [0.5, 0.6) is 5.75 Å². The molecule has 1 aromatic carbocycles. The monoisotopic (exact) mass is 316 g/mol. The first-order valence-corrected chi connectivity index (χ1v) is 11.1. The van der Waals surface area contributed by atoms with Crippen LogP contribution < -0.4 is 4.43 Å². The van der Waals surface area contributed by atoms with Crippen molar-refractivity contribution in [1.82, 2.24) is 0 Å². The molecule has 1 atom stereocenters. The SMILES string of the molecule is CC(C)(C)[Si](C)(C)Oc1ccc(C#CC2CCCCO2)cc1. The molecule has 0 saturated carbocycles. The van der Waals surface area contributed by atoms with Crippen molar-refractivity contribution < 1.29 is 9.16 Å². The summed E-state index contributed by atoms with van der Waals surface area (Å²) in [5.74, 6) is 7.39. The summed E-state index contributed by atoms with van der Waals surface area (Å²) in [6.07, 6.45) is 3.55. The molecule has 1 aliphatic heterocycles. The third-order valence-electron chi connectivity index (χ3n) is 4.59. The maximum absolute atomic E-state index is 6.28. The first kappa shape index (κ1) is 17.1. The fraction of sp³-hybridized carbons (Fsp3) is 0.579. The van der Waals surface area contributed by atoms with E-state index in [1.54, 1.807) is 0 Å². The average molecular weight is 317 g/mol. The molecule has 2 rings (SSSR count). The predicted octanol–water partition coefficient (Wildman–Crippen LogP) is 4.99. The molecule has 1 heterocycles. The summed E-state index contributed by atoms with van der Waals surface area (Å²) in [5, 5.41) is 0.212. The van der Waals surface area contributed by atoms with Crippen LogP contribution in [0.25, 0.3) is 0 Å². The van der Waals surface area contributed by atoms with Crippen molar-refractivity contribution in [3.05, 3.63) is 29.8 Å². The lowest BCUT2D eigenvalue weighted by atomic mass is 10.1. The summed E-state index contributed by atoms with van der Waals surface area (Å²) in [6, 6.07) is 8.15. The molecule has 22 heavy (non-hydrogen) atoms. The molecule has 3 heteroatoms. The number of benzene rings is 1. The molecule has 0 spiro atoms. The van der Waals surface area contributed by atoms with Crippen LogP contribution in [0.2, 0.25) is 18.1 Å². The summed E-state index contributed by atoms with van der Waals surface area (Å²) in [7, 11) is -1.76. The summed E-state index contributed by atoms with van der Waals surface area (Å²) in [4.78, 5) is 0. The largest absolute Gasteiger partial charge is 0.544 e. The van der Waals surface area contributed by atoms with Gasteiger partial charge in [-0.25, -0.2) is 0 Å². The molecule has 2 nitrogen and oxygen atoms in total. The van der Waals surface area contributed by atoms with E-state index in [0.29, 0.717) is 0 Å². The number of hydrogen-bond acceptors (Lipinski definition) is 2. The van der Waals surface area contributed by atoms with Gasteiger partial charge in [0.05, 0.1) is 0 Å². The number of rotatable bonds is 2. The molecule has 0 aliphatic carbocycles. The fourth-order valence-corrected chi connectivity index (χ4v) is 3.10. The minimum Gasteiger partial charge on any atom is -0.544 e. The second kappa shape index (κ2) is 6.89. The first-order valence-electron chi connectivity index (χ1n) is 8.20. The molecule has 1 unspecified atom stereocenters. The van der Waals surface area contributed by atoms with Gasteiger partial charge in [0.25, 0.3) is 0 Å². The lowest BCUT2D eigenvalue weighted by molar-refractivity contribution is 0.0526. The molecular weight excluding hydrogens is 288 g/mol. The lowest BCUT2D eigenvalue weighted by Crippen LogP contribution is -2.43. The summed E-state index contributed by atoms with van der Waals surface area (Å²) in [5.41, 5.74) is 1.02. The molecule has 1 aliphatic rings. The molecule has 120 valence electrons. The molecule has 0 aromatic heterocycles. The van der Waals surface area contributed by atoms with Crippen molar-refractivity contribution in [1.29, 1.82) is 0 Å². The Bertz CT molecular complexity index is 538. The van der Waals surface area contributed by atoms with E-state index in [1.807, 2.05) is 24.3 Å². The highest BCUT2D eigenvalue weighted by molar-refractivity contribution is 6.74. The summed E-state index contributed by atoms with van der Waals surface area (Å²) < 4.78 is 11.9. The summed E-state index contributed by atoms with van der Waals surface area (Å²) in [6.45, 7) is 12.1. The van der Waals surface area contributed by atoms with Crippen molar-refractivity contribution in [2.75, 3.05) is 6.61 Å². The van der Waals surface area contributed by atoms with Crippen LogP contribution in [0.4, 0.5) is 0 Å². The van der Waals surface area contributed by atoms with Gasteiger partial charge < -0.3 is 9.16 Å². The predicted molar refractivity (Wildman–Crippen MR) is 94.7 cm³/mol. The van der Waals surface area contributed by atoms with Gasteiger partial charge in [-0.15, -0.1) is 0 Å². The zero-order valence-corrected chi connectivity index (χ0v) is 15.5. The summed E-state index contributed by atoms with van der Waals surface area (Å²) >= 11 is 0. The zero-order valence-electron chi connectivity index (χ0n) is 14.5. The molecule has 1 fully saturated rings. The fourth-order valence-electron chi connectivity index (χ4n) is 2.07. The molecule has 1 aromatic rings. The third-order valence-corrected chi connectivity index (χ3v) is 8.95. The second-order valence-electron chi connectivity index (χ2n) is 7.51. The number of ether oxygens (including phenoxy) is 1. The smallest absolute Gasteiger partial charge is 0.250 e. The highest BCUT2D eigenvalue weighted by atomic mass is 28.4. The minimum absolute atomic E-state index is 0.108. The topological polar surface area (TPSA) is 18.5 Å². The van der Waals surface area contributed by atoms with Crippen molar-refractivity contribution >= 4 is 8.32 Å². The van der Waals surface area contributed by atoms with Crippen molar-refractivity contribution in [3.63, 3.8) is 0 Å². The first-order chi connectivity index (χ1) is 10.3. The maximum Gasteiger partial charge on any atom is 0.250 e. The van der Waals surface area contributed by atoms with E-state index in [4.69, 9.17) is 9.16 Å². The van der Waals surface area contributed by atoms with Crippen molar-refractivity contribution in [2.24, 2.45) is 0 Å². The van der Waals surface area contributed by atoms with Crippen LogP contribution in [0.1, 0.15) is 45.6 Å². The van der Waals surface area contributed by atoms with E-state index in [9.17, 15) is 0 Å². The highest BCUT2D eigenvalue weighted by Gasteiger charge is 2.38.